The molecule has 0 radical (unpaired) electrons. The number of carbonyl (C=O) groups is 1. The summed E-state index contributed by atoms with van der Waals surface area (Å²) in [6.07, 6.45) is 0.402. The summed E-state index contributed by atoms with van der Waals surface area (Å²) in [6.45, 7) is 0.479. The van der Waals surface area contributed by atoms with Crippen LogP contribution in [0.4, 0.5) is 13.2 Å². The van der Waals surface area contributed by atoms with Crippen LogP contribution in [0, 0.1) is 17.5 Å². The molecule has 0 saturated carbocycles. The number of benzene rings is 2. The van der Waals surface area contributed by atoms with Gasteiger partial charge in [0.2, 0.25) is 0 Å². The number of halogens is 3. The molecule has 1 heterocycles. The first-order valence-corrected chi connectivity index (χ1v) is 7.58. The first kappa shape index (κ1) is 16.8. The van der Waals surface area contributed by atoms with Crippen LogP contribution >= 0.6 is 0 Å². The summed E-state index contributed by atoms with van der Waals surface area (Å²) in [5, 5.41) is 2.42. The zero-order valence-electron chi connectivity index (χ0n) is 13.0. The van der Waals surface area contributed by atoms with E-state index in [4.69, 9.17) is 0 Å². The van der Waals surface area contributed by atoms with E-state index in [-0.39, 0.29) is 12.2 Å². The van der Waals surface area contributed by atoms with Gasteiger partial charge in [0, 0.05) is 13.1 Å². The maximum absolute atomic E-state index is 13.5. The van der Waals surface area contributed by atoms with Gasteiger partial charge in [-0.1, -0.05) is 12.1 Å². The molecule has 8 heteroatoms. The third-order valence-electron chi connectivity index (χ3n) is 3.81. The first-order chi connectivity index (χ1) is 12.0. The zero-order chi connectivity index (χ0) is 18.0. The monoisotopic (exact) mass is 349 g/mol. The Balaban J connectivity index is 1.62. The van der Waals surface area contributed by atoms with Gasteiger partial charge >= 0.3 is 5.69 Å². The van der Waals surface area contributed by atoms with Crippen LogP contribution in [0.1, 0.15) is 16.8 Å². The summed E-state index contributed by atoms with van der Waals surface area (Å²) < 4.78 is 41.1. The molecular weight excluding hydrogens is 335 g/mol. The Hall–Kier alpha value is -3.03. The molecule has 2 N–H and O–H groups in total. The number of amides is 1. The van der Waals surface area contributed by atoms with E-state index in [2.05, 4.69) is 10.3 Å². The van der Waals surface area contributed by atoms with Crippen molar-refractivity contribution in [2.75, 3.05) is 6.54 Å². The first-order valence-electron chi connectivity index (χ1n) is 7.58. The molecule has 0 aliphatic heterocycles. The Morgan fingerprint density at radius 2 is 1.84 bits per heavy atom. The molecule has 1 amide bonds. The molecule has 5 nitrogen and oxygen atoms in total. The summed E-state index contributed by atoms with van der Waals surface area (Å²) in [4.78, 5) is 26.5. The van der Waals surface area contributed by atoms with E-state index in [1.54, 1.807) is 24.3 Å². The highest BCUT2D eigenvalue weighted by atomic mass is 19.2. The summed E-state index contributed by atoms with van der Waals surface area (Å²) in [5.74, 6) is -5.40. The third-order valence-corrected chi connectivity index (χ3v) is 3.81. The Morgan fingerprint density at radius 3 is 2.64 bits per heavy atom. The molecule has 3 aromatic rings. The molecule has 0 bridgehead atoms. The van der Waals surface area contributed by atoms with E-state index >= 15 is 0 Å². The summed E-state index contributed by atoms with van der Waals surface area (Å²) in [5.41, 5.74) is 0.619. The standard InChI is InChI=1S/C17H14F3N3O2/c18-11-7-6-10(14(19)15(11)20)16(24)21-8-3-9-23-13-5-2-1-4-12(13)22-17(23)25/h1-2,4-7H,3,8-9H2,(H,21,24)(H,22,25). The number of hydrogen-bond donors (Lipinski definition) is 2. The summed E-state index contributed by atoms with van der Waals surface area (Å²) in [7, 11) is 0. The van der Waals surface area contributed by atoms with Gasteiger partial charge in [-0.25, -0.2) is 18.0 Å². The average Bonchev–Trinajstić information content (AvgIpc) is 2.92. The number of aromatic nitrogens is 2. The second-order valence-electron chi connectivity index (χ2n) is 5.43. The Labute approximate surface area is 140 Å². The maximum atomic E-state index is 13.5. The number of fused-ring (bicyclic) bond motifs is 1. The Bertz CT molecular complexity index is 994. The highest BCUT2D eigenvalue weighted by molar-refractivity contribution is 5.94. The van der Waals surface area contributed by atoms with Crippen molar-refractivity contribution < 1.29 is 18.0 Å². The van der Waals surface area contributed by atoms with Crippen molar-refractivity contribution in [1.29, 1.82) is 0 Å². The molecule has 25 heavy (non-hydrogen) atoms. The van der Waals surface area contributed by atoms with Gasteiger partial charge < -0.3 is 10.3 Å². The number of nitrogens with zero attached hydrogens (tertiary/aromatic N) is 1. The van der Waals surface area contributed by atoms with E-state index in [1.165, 1.54) is 4.57 Å². The quantitative estimate of drug-likeness (QED) is 0.549. The second-order valence-corrected chi connectivity index (χ2v) is 5.43. The fourth-order valence-electron chi connectivity index (χ4n) is 2.56. The number of nitrogens with one attached hydrogen (secondary N) is 2. The second kappa shape index (κ2) is 6.84. The normalized spacial score (nSPS) is 11.0. The van der Waals surface area contributed by atoms with Gasteiger partial charge in [-0.3, -0.25) is 9.36 Å². The number of hydrogen-bond acceptors (Lipinski definition) is 2. The van der Waals surface area contributed by atoms with Crippen LogP contribution in [0.3, 0.4) is 0 Å². The average molecular weight is 349 g/mol. The highest BCUT2D eigenvalue weighted by Gasteiger charge is 2.18. The van der Waals surface area contributed by atoms with Crippen molar-refractivity contribution in [2.24, 2.45) is 0 Å². The van der Waals surface area contributed by atoms with E-state index in [0.717, 1.165) is 11.6 Å². The number of para-hydroxylation sites is 2. The van der Waals surface area contributed by atoms with Crippen LogP contribution in [-0.2, 0) is 6.54 Å². The van der Waals surface area contributed by atoms with Crippen LogP contribution in [0.2, 0.25) is 0 Å². The van der Waals surface area contributed by atoms with Crippen LogP contribution in [0.5, 0.6) is 0 Å². The lowest BCUT2D eigenvalue weighted by molar-refractivity contribution is 0.0947. The summed E-state index contributed by atoms with van der Waals surface area (Å²) in [6, 6.07) is 8.76. The molecule has 1 aromatic heterocycles. The van der Waals surface area contributed by atoms with Gasteiger partial charge in [0.15, 0.2) is 17.5 Å². The number of aromatic amines is 1. The molecule has 2 aromatic carbocycles. The minimum Gasteiger partial charge on any atom is -0.352 e. The van der Waals surface area contributed by atoms with Crippen molar-refractivity contribution in [3.05, 3.63) is 69.9 Å². The van der Waals surface area contributed by atoms with Gasteiger partial charge in [0.25, 0.3) is 5.91 Å². The van der Waals surface area contributed by atoms with Crippen LogP contribution in [-0.4, -0.2) is 22.0 Å². The van der Waals surface area contributed by atoms with E-state index in [9.17, 15) is 22.8 Å². The van der Waals surface area contributed by atoms with E-state index in [1.807, 2.05) is 0 Å². The molecular formula is C17H14F3N3O2. The smallest absolute Gasteiger partial charge is 0.326 e. The van der Waals surface area contributed by atoms with Gasteiger partial charge in [0.1, 0.15) is 0 Å². The van der Waals surface area contributed by atoms with E-state index in [0.29, 0.717) is 24.5 Å². The SMILES string of the molecule is O=C(NCCCn1c(=O)[nH]c2ccccc21)c1ccc(F)c(F)c1F. The number of H-pyrrole nitrogens is 1. The van der Waals surface area contributed by atoms with Gasteiger partial charge in [-0.2, -0.15) is 0 Å². The van der Waals surface area contributed by atoms with Crippen molar-refractivity contribution in [2.45, 2.75) is 13.0 Å². The molecule has 0 saturated heterocycles. The van der Waals surface area contributed by atoms with Crippen LogP contribution < -0.4 is 11.0 Å². The topological polar surface area (TPSA) is 66.9 Å². The van der Waals surface area contributed by atoms with Gasteiger partial charge in [-0.15, -0.1) is 0 Å². The van der Waals surface area contributed by atoms with Crippen molar-refractivity contribution >= 4 is 16.9 Å². The lowest BCUT2D eigenvalue weighted by atomic mass is 10.2. The fraction of sp³-hybridized carbons (Fsp3) is 0.176. The van der Waals surface area contributed by atoms with Gasteiger partial charge in [0.05, 0.1) is 16.6 Å². The molecule has 0 fully saturated rings. The molecule has 0 spiro atoms. The number of aryl methyl sites for hydroxylation is 1. The molecule has 3 rings (SSSR count). The van der Waals surface area contributed by atoms with Crippen molar-refractivity contribution in [3.8, 4) is 0 Å². The molecule has 0 unspecified atom stereocenters. The van der Waals surface area contributed by atoms with Gasteiger partial charge in [-0.05, 0) is 30.7 Å². The van der Waals surface area contributed by atoms with Crippen LogP contribution in [0.15, 0.2) is 41.2 Å². The third kappa shape index (κ3) is 3.28. The number of rotatable bonds is 5. The predicted molar refractivity (Wildman–Crippen MR) is 85.8 cm³/mol. The van der Waals surface area contributed by atoms with Crippen LogP contribution in [0.25, 0.3) is 11.0 Å². The minimum atomic E-state index is -1.68. The van der Waals surface area contributed by atoms with E-state index < -0.39 is 28.9 Å². The largest absolute Gasteiger partial charge is 0.352 e. The lowest BCUT2D eigenvalue weighted by Gasteiger charge is -2.07. The predicted octanol–water partition coefficient (Wildman–Crippen LogP) is 2.57. The van der Waals surface area contributed by atoms with Crippen molar-refractivity contribution in [3.63, 3.8) is 0 Å². The Kier molecular flexibility index (Phi) is 4.60. The summed E-state index contributed by atoms with van der Waals surface area (Å²) >= 11 is 0. The maximum Gasteiger partial charge on any atom is 0.326 e. The minimum absolute atomic E-state index is 0.142. The molecule has 0 atom stereocenters. The molecule has 0 aliphatic rings. The molecule has 130 valence electrons. The van der Waals surface area contributed by atoms with Crippen molar-refractivity contribution in [1.82, 2.24) is 14.9 Å². The molecule has 0 aliphatic carbocycles. The lowest BCUT2D eigenvalue weighted by Crippen LogP contribution is -2.27. The highest BCUT2D eigenvalue weighted by Crippen LogP contribution is 2.15. The Morgan fingerprint density at radius 1 is 1.08 bits per heavy atom. The fourth-order valence-corrected chi connectivity index (χ4v) is 2.56. The zero-order valence-corrected chi connectivity index (χ0v) is 13.0. The number of imidazole rings is 1. The number of carbonyl (C=O) groups excluding carboxylic acids is 1.